The van der Waals surface area contributed by atoms with E-state index in [1.165, 1.54) is 19.3 Å². The second-order valence-corrected chi connectivity index (χ2v) is 7.82. The molecule has 1 atom stereocenters. The van der Waals surface area contributed by atoms with Crippen molar-refractivity contribution in [2.45, 2.75) is 12.5 Å². The van der Waals surface area contributed by atoms with Crippen molar-refractivity contribution in [1.29, 1.82) is 0 Å². The van der Waals surface area contributed by atoms with Gasteiger partial charge in [-0.15, -0.1) is 4.40 Å². The maximum absolute atomic E-state index is 12.7. The van der Waals surface area contributed by atoms with E-state index in [0.29, 0.717) is 5.57 Å². The SMILES string of the molecule is COC(=O)C[C@H](NC(=O)C1=CN2CCS(=O)(=O)N=C2C=C1)c1ccccc1. The van der Waals surface area contributed by atoms with E-state index in [0.717, 1.165) is 5.56 Å². The number of nitrogens with zero attached hydrogens (tertiary/aromatic N) is 2. The van der Waals surface area contributed by atoms with Gasteiger partial charge in [0.15, 0.2) is 0 Å². The van der Waals surface area contributed by atoms with Crippen molar-refractivity contribution in [3.05, 3.63) is 59.8 Å². The highest BCUT2D eigenvalue weighted by Crippen LogP contribution is 2.20. The molecule has 2 heterocycles. The lowest BCUT2D eigenvalue weighted by atomic mass is 10.0. The van der Waals surface area contributed by atoms with Crippen LogP contribution in [-0.2, 0) is 24.3 Å². The van der Waals surface area contributed by atoms with Crippen molar-refractivity contribution >= 4 is 27.7 Å². The van der Waals surface area contributed by atoms with E-state index in [1.807, 2.05) is 30.3 Å². The number of ether oxygens (including phenoxy) is 1. The third-order valence-electron chi connectivity index (χ3n) is 4.19. The molecule has 2 aliphatic heterocycles. The van der Waals surface area contributed by atoms with E-state index < -0.39 is 22.0 Å². The summed E-state index contributed by atoms with van der Waals surface area (Å²) in [6, 6.07) is 8.58. The second-order valence-electron chi connectivity index (χ2n) is 6.06. The van der Waals surface area contributed by atoms with Gasteiger partial charge in [0, 0.05) is 12.7 Å². The molecule has 0 unspecified atom stereocenters. The van der Waals surface area contributed by atoms with Gasteiger partial charge >= 0.3 is 5.97 Å². The molecule has 1 aromatic rings. The van der Waals surface area contributed by atoms with Gasteiger partial charge in [0.05, 0.1) is 30.9 Å². The fraction of sp³-hybridized carbons (Fsp3) is 0.278. The van der Waals surface area contributed by atoms with Gasteiger partial charge in [0.25, 0.3) is 15.9 Å². The van der Waals surface area contributed by atoms with Crippen molar-refractivity contribution in [3.63, 3.8) is 0 Å². The third kappa shape index (κ3) is 4.62. The Labute approximate surface area is 157 Å². The van der Waals surface area contributed by atoms with Crippen LogP contribution in [0.25, 0.3) is 0 Å². The topological polar surface area (TPSA) is 105 Å². The van der Waals surface area contributed by atoms with Gasteiger partial charge < -0.3 is 15.0 Å². The molecule has 8 nitrogen and oxygen atoms in total. The van der Waals surface area contributed by atoms with E-state index in [4.69, 9.17) is 4.74 Å². The molecular formula is C18H19N3O5S. The minimum atomic E-state index is -3.45. The first-order valence-electron chi connectivity index (χ1n) is 8.30. The highest BCUT2D eigenvalue weighted by molar-refractivity contribution is 7.90. The number of benzene rings is 1. The molecular weight excluding hydrogens is 370 g/mol. The first kappa shape index (κ1) is 18.8. The molecule has 9 heteroatoms. The number of carbonyl (C=O) groups excluding carboxylic acids is 2. The molecule has 0 saturated heterocycles. The van der Waals surface area contributed by atoms with Crippen LogP contribution in [0.4, 0.5) is 0 Å². The molecule has 142 valence electrons. The fourth-order valence-corrected chi connectivity index (χ4v) is 3.73. The molecule has 1 aromatic carbocycles. The van der Waals surface area contributed by atoms with E-state index in [2.05, 4.69) is 9.71 Å². The monoisotopic (exact) mass is 389 g/mol. The molecule has 27 heavy (non-hydrogen) atoms. The Morgan fingerprint density at radius 3 is 2.70 bits per heavy atom. The molecule has 3 rings (SSSR count). The predicted molar refractivity (Wildman–Crippen MR) is 99.1 cm³/mol. The summed E-state index contributed by atoms with van der Waals surface area (Å²) < 4.78 is 31.5. The van der Waals surface area contributed by atoms with Crippen molar-refractivity contribution in [2.24, 2.45) is 4.40 Å². The summed E-state index contributed by atoms with van der Waals surface area (Å²) in [5.74, 6) is -0.638. The molecule has 0 fully saturated rings. The number of fused-ring (bicyclic) bond motifs is 1. The third-order valence-corrected chi connectivity index (χ3v) is 5.36. The first-order valence-corrected chi connectivity index (χ1v) is 9.91. The molecule has 0 bridgehead atoms. The smallest absolute Gasteiger partial charge is 0.307 e. The van der Waals surface area contributed by atoms with Crippen LogP contribution in [0.3, 0.4) is 0 Å². The molecule has 1 N–H and O–H groups in total. The number of esters is 1. The number of sulfonamides is 1. The van der Waals surface area contributed by atoms with Gasteiger partial charge in [-0.25, -0.2) is 8.42 Å². The van der Waals surface area contributed by atoms with Crippen LogP contribution < -0.4 is 5.32 Å². The highest BCUT2D eigenvalue weighted by atomic mass is 32.2. The Hall–Kier alpha value is -2.94. The lowest BCUT2D eigenvalue weighted by molar-refractivity contribution is -0.141. The van der Waals surface area contributed by atoms with E-state index >= 15 is 0 Å². The van der Waals surface area contributed by atoms with Crippen LogP contribution in [0.5, 0.6) is 0 Å². The van der Waals surface area contributed by atoms with E-state index in [9.17, 15) is 18.0 Å². The molecule has 0 radical (unpaired) electrons. The lowest BCUT2D eigenvalue weighted by Gasteiger charge is -2.27. The lowest BCUT2D eigenvalue weighted by Crippen LogP contribution is -2.38. The number of hydrogen-bond donors (Lipinski definition) is 1. The van der Waals surface area contributed by atoms with Crippen molar-refractivity contribution in [3.8, 4) is 0 Å². The number of amides is 1. The van der Waals surface area contributed by atoms with E-state index in [1.54, 1.807) is 11.1 Å². The Balaban J connectivity index is 1.77. The summed E-state index contributed by atoms with van der Waals surface area (Å²) in [4.78, 5) is 26.0. The predicted octanol–water partition coefficient (Wildman–Crippen LogP) is 0.905. The second kappa shape index (κ2) is 7.75. The van der Waals surface area contributed by atoms with Gasteiger partial charge in [-0.3, -0.25) is 9.59 Å². The van der Waals surface area contributed by atoms with Crippen LogP contribution in [0.1, 0.15) is 18.0 Å². The Morgan fingerprint density at radius 2 is 2.00 bits per heavy atom. The molecule has 2 aliphatic rings. The number of hydrogen-bond acceptors (Lipinski definition) is 6. The Bertz CT molecular complexity index is 935. The van der Waals surface area contributed by atoms with Crippen molar-refractivity contribution in [2.75, 3.05) is 19.4 Å². The zero-order valence-electron chi connectivity index (χ0n) is 14.7. The van der Waals surface area contributed by atoms with Crippen molar-refractivity contribution < 1.29 is 22.7 Å². The summed E-state index contributed by atoms with van der Waals surface area (Å²) >= 11 is 0. The van der Waals surface area contributed by atoms with Crippen LogP contribution in [0, 0.1) is 0 Å². The van der Waals surface area contributed by atoms with Gasteiger partial charge in [0.2, 0.25) is 0 Å². The minimum absolute atomic E-state index is 0.00207. The Kier molecular flexibility index (Phi) is 5.41. The molecule has 0 saturated carbocycles. The number of amidine groups is 1. The normalized spacial score (nSPS) is 18.6. The summed E-state index contributed by atoms with van der Waals surface area (Å²) in [5, 5.41) is 2.84. The van der Waals surface area contributed by atoms with Crippen LogP contribution >= 0.6 is 0 Å². The Morgan fingerprint density at radius 1 is 1.26 bits per heavy atom. The number of nitrogens with one attached hydrogen (secondary N) is 1. The fourth-order valence-electron chi connectivity index (χ4n) is 2.76. The quantitative estimate of drug-likeness (QED) is 0.751. The van der Waals surface area contributed by atoms with Crippen LogP contribution in [-0.4, -0.2) is 50.4 Å². The molecule has 0 aromatic heterocycles. The summed E-state index contributed by atoms with van der Waals surface area (Å²) in [7, 11) is -2.15. The average molecular weight is 389 g/mol. The van der Waals surface area contributed by atoms with E-state index in [-0.39, 0.29) is 30.5 Å². The summed E-state index contributed by atoms with van der Waals surface area (Å²) in [6.07, 6.45) is 4.55. The molecule has 0 spiro atoms. The van der Waals surface area contributed by atoms with Crippen LogP contribution in [0.2, 0.25) is 0 Å². The average Bonchev–Trinajstić information content (AvgIpc) is 2.66. The molecule has 1 amide bonds. The molecule has 0 aliphatic carbocycles. The largest absolute Gasteiger partial charge is 0.469 e. The maximum Gasteiger partial charge on any atom is 0.307 e. The van der Waals surface area contributed by atoms with Gasteiger partial charge in [-0.2, -0.15) is 0 Å². The standard InChI is InChI=1S/C18H19N3O5S/c1-26-17(22)11-15(13-5-3-2-4-6-13)19-18(23)14-7-8-16-20-27(24,25)10-9-21(16)12-14/h2-8,12,15H,9-11H2,1H3,(H,19,23)/t15-/m0/s1. The number of methoxy groups -OCH3 is 1. The van der Waals surface area contributed by atoms with Gasteiger partial charge in [0.1, 0.15) is 5.84 Å². The zero-order valence-corrected chi connectivity index (χ0v) is 15.5. The van der Waals surface area contributed by atoms with Gasteiger partial charge in [-0.05, 0) is 17.7 Å². The maximum atomic E-state index is 12.7. The summed E-state index contributed by atoms with van der Waals surface area (Å²) in [6.45, 7) is 0.229. The first-order chi connectivity index (χ1) is 12.9. The van der Waals surface area contributed by atoms with Crippen LogP contribution in [0.15, 0.2) is 58.7 Å². The number of rotatable bonds is 5. The number of carbonyl (C=O) groups is 2. The highest BCUT2D eigenvalue weighted by Gasteiger charge is 2.26. The minimum Gasteiger partial charge on any atom is -0.469 e. The van der Waals surface area contributed by atoms with Crippen molar-refractivity contribution in [1.82, 2.24) is 10.2 Å². The summed E-state index contributed by atoms with van der Waals surface area (Å²) in [5.41, 5.74) is 1.13. The van der Waals surface area contributed by atoms with Gasteiger partial charge in [-0.1, -0.05) is 30.3 Å². The zero-order chi connectivity index (χ0) is 19.4.